The largest absolute Gasteiger partial charge is 0.444 e. The third-order valence-corrected chi connectivity index (χ3v) is 4.00. The SMILES string of the molecule is C=CC(=O)N1CCN(C2CCN(C(=O)OC(C)(C)C)C2)C(=O)C1. The second kappa shape index (κ2) is 6.60. The van der Waals surface area contributed by atoms with Crippen LogP contribution in [-0.2, 0) is 14.3 Å². The number of amides is 3. The van der Waals surface area contributed by atoms with Gasteiger partial charge in [0.2, 0.25) is 11.8 Å². The Morgan fingerprint density at radius 3 is 2.48 bits per heavy atom. The van der Waals surface area contributed by atoms with Gasteiger partial charge in [0.15, 0.2) is 0 Å². The summed E-state index contributed by atoms with van der Waals surface area (Å²) in [6.07, 6.45) is 1.62. The minimum atomic E-state index is -0.526. The topological polar surface area (TPSA) is 70.2 Å². The summed E-state index contributed by atoms with van der Waals surface area (Å²) in [7, 11) is 0. The number of likely N-dealkylation sites (tertiary alicyclic amines) is 1. The van der Waals surface area contributed by atoms with Gasteiger partial charge in [-0.3, -0.25) is 9.59 Å². The zero-order chi connectivity index (χ0) is 17.2. The summed E-state index contributed by atoms with van der Waals surface area (Å²) in [6, 6.07) is -0.00370. The van der Waals surface area contributed by atoms with Crippen molar-refractivity contribution >= 4 is 17.9 Å². The number of hydrogen-bond acceptors (Lipinski definition) is 4. The van der Waals surface area contributed by atoms with Crippen LogP contribution in [0.25, 0.3) is 0 Å². The van der Waals surface area contributed by atoms with E-state index in [2.05, 4.69) is 6.58 Å². The van der Waals surface area contributed by atoms with Crippen LogP contribution in [0.1, 0.15) is 27.2 Å². The first kappa shape index (κ1) is 17.3. The van der Waals surface area contributed by atoms with Gasteiger partial charge in [0.1, 0.15) is 12.1 Å². The number of rotatable bonds is 2. The molecule has 2 aliphatic rings. The highest BCUT2D eigenvalue weighted by atomic mass is 16.6. The van der Waals surface area contributed by atoms with Gasteiger partial charge in [-0.05, 0) is 33.3 Å². The van der Waals surface area contributed by atoms with Crippen LogP contribution in [0.2, 0.25) is 0 Å². The van der Waals surface area contributed by atoms with Crippen molar-refractivity contribution in [2.45, 2.75) is 38.8 Å². The number of nitrogens with zero attached hydrogens (tertiary/aromatic N) is 3. The maximum absolute atomic E-state index is 12.3. The predicted octanol–water partition coefficient (Wildman–Crippen LogP) is 0.853. The second-order valence-corrected chi connectivity index (χ2v) is 6.92. The molecule has 0 saturated carbocycles. The number of carbonyl (C=O) groups excluding carboxylic acids is 3. The summed E-state index contributed by atoms with van der Waals surface area (Å²) >= 11 is 0. The van der Waals surface area contributed by atoms with Gasteiger partial charge in [0, 0.05) is 26.2 Å². The predicted molar refractivity (Wildman–Crippen MR) is 84.7 cm³/mol. The van der Waals surface area contributed by atoms with Crippen LogP contribution in [0.4, 0.5) is 4.79 Å². The molecule has 23 heavy (non-hydrogen) atoms. The van der Waals surface area contributed by atoms with Crippen LogP contribution in [0, 0.1) is 0 Å². The molecule has 0 radical (unpaired) electrons. The summed E-state index contributed by atoms with van der Waals surface area (Å²) in [6.45, 7) is 11.1. The van der Waals surface area contributed by atoms with Gasteiger partial charge >= 0.3 is 6.09 Å². The van der Waals surface area contributed by atoms with E-state index in [4.69, 9.17) is 4.74 Å². The highest BCUT2D eigenvalue weighted by Crippen LogP contribution is 2.20. The normalized spacial score (nSPS) is 22.3. The van der Waals surface area contributed by atoms with Crippen LogP contribution in [0.5, 0.6) is 0 Å². The second-order valence-electron chi connectivity index (χ2n) is 6.92. The van der Waals surface area contributed by atoms with Crippen molar-refractivity contribution in [2.24, 2.45) is 0 Å². The summed E-state index contributed by atoms with van der Waals surface area (Å²) in [5, 5.41) is 0. The average molecular weight is 323 g/mol. The van der Waals surface area contributed by atoms with Crippen molar-refractivity contribution in [1.29, 1.82) is 0 Å². The number of piperazine rings is 1. The molecule has 0 bridgehead atoms. The van der Waals surface area contributed by atoms with Gasteiger partial charge in [0.05, 0.1) is 6.04 Å². The van der Waals surface area contributed by atoms with Gasteiger partial charge in [-0.1, -0.05) is 6.58 Å². The molecule has 3 amide bonds. The Kier molecular flexibility index (Phi) is 4.97. The minimum absolute atomic E-state index is 0.00370. The zero-order valence-electron chi connectivity index (χ0n) is 14.1. The summed E-state index contributed by atoms with van der Waals surface area (Å²) < 4.78 is 5.37. The van der Waals surface area contributed by atoms with E-state index in [9.17, 15) is 14.4 Å². The summed E-state index contributed by atoms with van der Waals surface area (Å²) in [5.74, 6) is -0.303. The Hall–Kier alpha value is -2.05. The number of ether oxygens (including phenoxy) is 1. The van der Waals surface area contributed by atoms with Crippen LogP contribution in [-0.4, -0.2) is 77.0 Å². The number of carbonyl (C=O) groups is 3. The van der Waals surface area contributed by atoms with Crippen LogP contribution >= 0.6 is 0 Å². The molecule has 0 aliphatic carbocycles. The fourth-order valence-electron chi connectivity index (χ4n) is 2.88. The average Bonchev–Trinajstić information content (AvgIpc) is 2.94. The maximum Gasteiger partial charge on any atom is 0.410 e. The van der Waals surface area contributed by atoms with Crippen molar-refractivity contribution in [2.75, 3.05) is 32.7 Å². The Balaban J connectivity index is 1.90. The van der Waals surface area contributed by atoms with Gasteiger partial charge in [-0.25, -0.2) is 4.79 Å². The van der Waals surface area contributed by atoms with Crippen LogP contribution in [0.3, 0.4) is 0 Å². The van der Waals surface area contributed by atoms with E-state index in [-0.39, 0.29) is 30.5 Å². The lowest BCUT2D eigenvalue weighted by Crippen LogP contribution is -2.55. The van der Waals surface area contributed by atoms with E-state index in [1.54, 1.807) is 9.80 Å². The fraction of sp³-hybridized carbons (Fsp3) is 0.688. The quantitative estimate of drug-likeness (QED) is 0.707. The van der Waals surface area contributed by atoms with Crippen molar-refractivity contribution in [1.82, 2.24) is 14.7 Å². The van der Waals surface area contributed by atoms with Crippen LogP contribution < -0.4 is 0 Å². The number of hydrogen-bond donors (Lipinski definition) is 0. The van der Waals surface area contributed by atoms with Gasteiger partial charge in [0.25, 0.3) is 0 Å². The van der Waals surface area contributed by atoms with E-state index in [1.807, 2.05) is 20.8 Å². The van der Waals surface area contributed by atoms with E-state index < -0.39 is 5.60 Å². The molecule has 0 aromatic carbocycles. The van der Waals surface area contributed by atoms with Crippen molar-refractivity contribution in [3.05, 3.63) is 12.7 Å². The lowest BCUT2D eigenvalue weighted by molar-refractivity contribution is -0.144. The van der Waals surface area contributed by atoms with E-state index >= 15 is 0 Å². The van der Waals surface area contributed by atoms with E-state index in [1.165, 1.54) is 11.0 Å². The molecule has 0 aromatic rings. The Labute approximate surface area is 136 Å². The first-order valence-corrected chi connectivity index (χ1v) is 7.90. The standard InChI is InChI=1S/C16H25N3O4/c1-5-13(20)17-8-9-19(14(21)11-17)12-6-7-18(10-12)15(22)23-16(2,3)4/h5,12H,1,6-11H2,2-4H3. The molecule has 2 aliphatic heterocycles. The first-order chi connectivity index (χ1) is 10.7. The van der Waals surface area contributed by atoms with Gasteiger partial charge < -0.3 is 19.4 Å². The third kappa shape index (κ3) is 4.24. The molecule has 2 rings (SSSR count). The molecule has 7 nitrogen and oxygen atoms in total. The fourth-order valence-corrected chi connectivity index (χ4v) is 2.88. The molecule has 0 aromatic heterocycles. The molecule has 1 unspecified atom stereocenters. The molecular formula is C16H25N3O4. The van der Waals surface area contributed by atoms with E-state index in [0.29, 0.717) is 26.2 Å². The monoisotopic (exact) mass is 323 g/mol. The molecule has 7 heteroatoms. The molecule has 2 fully saturated rings. The molecule has 2 saturated heterocycles. The molecule has 1 atom stereocenters. The molecule has 2 heterocycles. The molecule has 0 N–H and O–H groups in total. The van der Waals surface area contributed by atoms with Crippen LogP contribution in [0.15, 0.2) is 12.7 Å². The lowest BCUT2D eigenvalue weighted by atomic mass is 10.2. The van der Waals surface area contributed by atoms with Crippen molar-refractivity contribution in [3.8, 4) is 0 Å². The Morgan fingerprint density at radius 1 is 1.22 bits per heavy atom. The highest BCUT2D eigenvalue weighted by molar-refractivity contribution is 5.91. The first-order valence-electron chi connectivity index (χ1n) is 7.90. The van der Waals surface area contributed by atoms with Crippen molar-refractivity contribution in [3.63, 3.8) is 0 Å². The van der Waals surface area contributed by atoms with Gasteiger partial charge in [-0.2, -0.15) is 0 Å². The Bertz CT molecular complexity index is 512. The third-order valence-electron chi connectivity index (χ3n) is 4.00. The van der Waals surface area contributed by atoms with E-state index in [0.717, 1.165) is 6.42 Å². The zero-order valence-corrected chi connectivity index (χ0v) is 14.1. The molecule has 128 valence electrons. The Morgan fingerprint density at radius 2 is 1.91 bits per heavy atom. The maximum atomic E-state index is 12.3. The van der Waals surface area contributed by atoms with Gasteiger partial charge in [-0.15, -0.1) is 0 Å². The lowest BCUT2D eigenvalue weighted by Gasteiger charge is -2.37. The molecule has 0 spiro atoms. The van der Waals surface area contributed by atoms with Crippen molar-refractivity contribution < 1.29 is 19.1 Å². The highest BCUT2D eigenvalue weighted by Gasteiger charge is 2.37. The summed E-state index contributed by atoms with van der Waals surface area (Å²) in [5.41, 5.74) is -0.526. The minimum Gasteiger partial charge on any atom is -0.444 e. The smallest absolute Gasteiger partial charge is 0.410 e. The summed E-state index contributed by atoms with van der Waals surface area (Å²) in [4.78, 5) is 40.9. The molecular weight excluding hydrogens is 298 g/mol.